The lowest BCUT2D eigenvalue weighted by molar-refractivity contribution is 0.0725. The third-order valence-electron chi connectivity index (χ3n) is 4.20. The average Bonchev–Trinajstić information content (AvgIpc) is 2.54. The molecule has 0 N–H and O–H groups in total. The Morgan fingerprint density at radius 1 is 1.22 bits per heavy atom. The summed E-state index contributed by atoms with van der Waals surface area (Å²) in [6, 6.07) is 7.16. The number of unbranched alkanes of at least 4 members (excludes halogenated alkanes) is 1. The number of benzene rings is 1. The number of nitrogens with zero attached hydrogens (tertiary/aromatic N) is 1. The molecular formula is C17H25NO4S. The molecule has 1 heterocycles. The van der Waals surface area contributed by atoms with Crippen molar-refractivity contribution in [1.29, 1.82) is 0 Å². The van der Waals surface area contributed by atoms with Crippen molar-refractivity contribution in [3.8, 4) is 5.75 Å². The van der Waals surface area contributed by atoms with Gasteiger partial charge >= 0.3 is 0 Å². The van der Waals surface area contributed by atoms with Crippen LogP contribution in [0.3, 0.4) is 0 Å². The van der Waals surface area contributed by atoms with Gasteiger partial charge in [-0.1, -0.05) is 13.3 Å². The summed E-state index contributed by atoms with van der Waals surface area (Å²) in [5.41, 5.74) is 0.616. The van der Waals surface area contributed by atoms with Gasteiger partial charge in [0.25, 0.3) is 5.91 Å². The summed E-state index contributed by atoms with van der Waals surface area (Å²) in [5.74, 6) is 0.725. The third-order valence-corrected chi connectivity index (χ3v) is 5.88. The average molecular weight is 339 g/mol. The molecule has 0 saturated carbocycles. The number of amides is 1. The van der Waals surface area contributed by atoms with Gasteiger partial charge in [0.05, 0.1) is 11.9 Å². The number of carbonyl (C=O) groups is 1. The molecule has 0 bridgehead atoms. The fraction of sp³-hybridized carbons (Fsp3) is 0.588. The number of piperidine rings is 1. The molecule has 1 aliphatic heterocycles. The van der Waals surface area contributed by atoms with E-state index in [0.29, 0.717) is 38.1 Å². The molecule has 0 atom stereocenters. The van der Waals surface area contributed by atoms with Crippen molar-refractivity contribution in [3.05, 3.63) is 29.8 Å². The van der Waals surface area contributed by atoms with Crippen molar-refractivity contribution in [1.82, 2.24) is 4.90 Å². The number of likely N-dealkylation sites (tertiary alicyclic amines) is 1. The molecule has 0 spiro atoms. The van der Waals surface area contributed by atoms with E-state index in [1.807, 2.05) is 12.1 Å². The third kappa shape index (κ3) is 4.96. The monoisotopic (exact) mass is 339 g/mol. The Morgan fingerprint density at radius 2 is 1.83 bits per heavy atom. The van der Waals surface area contributed by atoms with E-state index in [0.717, 1.165) is 18.6 Å². The molecule has 1 saturated heterocycles. The molecule has 0 unspecified atom stereocenters. The van der Waals surface area contributed by atoms with E-state index in [2.05, 4.69) is 6.92 Å². The number of sulfone groups is 1. The molecule has 0 aliphatic carbocycles. The first-order chi connectivity index (χ1) is 10.9. The largest absolute Gasteiger partial charge is 0.494 e. The number of hydrogen-bond acceptors (Lipinski definition) is 4. The molecular weight excluding hydrogens is 314 g/mol. The summed E-state index contributed by atoms with van der Waals surface area (Å²) in [4.78, 5) is 14.2. The highest BCUT2D eigenvalue weighted by Crippen LogP contribution is 2.20. The number of hydrogen-bond donors (Lipinski definition) is 0. The summed E-state index contributed by atoms with van der Waals surface area (Å²) in [6.45, 7) is 3.78. The number of carbonyl (C=O) groups excluding carboxylic acids is 1. The topological polar surface area (TPSA) is 63.7 Å². The predicted molar refractivity (Wildman–Crippen MR) is 90.6 cm³/mol. The summed E-state index contributed by atoms with van der Waals surface area (Å²) < 4.78 is 28.7. The highest BCUT2D eigenvalue weighted by Gasteiger charge is 2.29. The molecule has 0 aromatic heterocycles. The fourth-order valence-corrected chi connectivity index (χ4v) is 3.76. The fourth-order valence-electron chi connectivity index (χ4n) is 2.70. The Labute approximate surface area is 138 Å². The molecule has 5 nitrogen and oxygen atoms in total. The van der Waals surface area contributed by atoms with Crippen LogP contribution in [-0.2, 0) is 9.84 Å². The van der Waals surface area contributed by atoms with Crippen molar-refractivity contribution < 1.29 is 17.9 Å². The summed E-state index contributed by atoms with van der Waals surface area (Å²) in [5, 5.41) is -0.319. The van der Waals surface area contributed by atoms with Gasteiger partial charge in [-0.25, -0.2) is 8.42 Å². The Balaban J connectivity index is 1.91. The zero-order valence-electron chi connectivity index (χ0n) is 13.8. The molecule has 6 heteroatoms. The molecule has 1 aromatic carbocycles. The van der Waals surface area contributed by atoms with Crippen molar-refractivity contribution in [2.24, 2.45) is 0 Å². The Hall–Kier alpha value is -1.56. The van der Waals surface area contributed by atoms with Crippen LogP contribution in [0, 0.1) is 0 Å². The van der Waals surface area contributed by atoms with Crippen LogP contribution < -0.4 is 4.74 Å². The van der Waals surface area contributed by atoms with Gasteiger partial charge in [0.15, 0.2) is 0 Å². The highest BCUT2D eigenvalue weighted by atomic mass is 32.2. The number of rotatable bonds is 6. The van der Waals surface area contributed by atoms with Crippen LogP contribution >= 0.6 is 0 Å². The Bertz CT molecular complexity index is 616. The normalized spacial score (nSPS) is 16.3. The van der Waals surface area contributed by atoms with Crippen molar-refractivity contribution in [2.45, 2.75) is 37.9 Å². The van der Waals surface area contributed by atoms with E-state index in [4.69, 9.17) is 4.74 Å². The maximum Gasteiger partial charge on any atom is 0.253 e. The molecule has 23 heavy (non-hydrogen) atoms. The van der Waals surface area contributed by atoms with Gasteiger partial charge in [-0.3, -0.25) is 4.79 Å². The van der Waals surface area contributed by atoms with Crippen LogP contribution in [0.15, 0.2) is 24.3 Å². The lowest BCUT2D eigenvalue weighted by Crippen LogP contribution is -2.42. The van der Waals surface area contributed by atoms with Crippen LogP contribution in [0.4, 0.5) is 0 Å². The molecule has 2 rings (SSSR count). The predicted octanol–water partition coefficient (Wildman–Crippen LogP) is 2.51. The van der Waals surface area contributed by atoms with Crippen LogP contribution in [0.2, 0.25) is 0 Å². The van der Waals surface area contributed by atoms with E-state index in [9.17, 15) is 13.2 Å². The Morgan fingerprint density at radius 3 is 2.35 bits per heavy atom. The van der Waals surface area contributed by atoms with Gasteiger partial charge < -0.3 is 9.64 Å². The minimum atomic E-state index is -3.01. The van der Waals surface area contributed by atoms with Crippen molar-refractivity contribution in [3.63, 3.8) is 0 Å². The second-order valence-corrected chi connectivity index (χ2v) is 8.37. The van der Waals surface area contributed by atoms with E-state index in [1.165, 1.54) is 6.26 Å². The van der Waals surface area contributed by atoms with E-state index < -0.39 is 9.84 Å². The van der Waals surface area contributed by atoms with E-state index in [1.54, 1.807) is 17.0 Å². The summed E-state index contributed by atoms with van der Waals surface area (Å²) in [6.07, 6.45) is 4.40. The number of ether oxygens (including phenoxy) is 1. The smallest absolute Gasteiger partial charge is 0.253 e. The second-order valence-electron chi connectivity index (χ2n) is 6.05. The molecule has 128 valence electrons. The first kappa shape index (κ1) is 17.8. The van der Waals surface area contributed by atoms with Gasteiger partial charge in [0.2, 0.25) is 0 Å². The lowest BCUT2D eigenvalue weighted by Gasteiger charge is -2.31. The molecule has 1 fully saturated rings. The lowest BCUT2D eigenvalue weighted by atomic mass is 10.1. The second kappa shape index (κ2) is 7.81. The van der Waals surface area contributed by atoms with Crippen molar-refractivity contribution >= 4 is 15.7 Å². The van der Waals surface area contributed by atoms with Crippen LogP contribution in [-0.4, -0.2) is 50.4 Å². The highest BCUT2D eigenvalue weighted by molar-refractivity contribution is 7.91. The van der Waals surface area contributed by atoms with Gasteiger partial charge in [-0.05, 0) is 43.5 Å². The minimum Gasteiger partial charge on any atom is -0.494 e. The molecule has 0 radical (unpaired) electrons. The quantitative estimate of drug-likeness (QED) is 0.747. The molecule has 1 aromatic rings. The van der Waals surface area contributed by atoms with Gasteiger partial charge in [-0.15, -0.1) is 0 Å². The standard InChI is InChI=1S/C17H25NO4S/c1-3-4-13-22-15-7-5-14(6-8-15)17(19)18-11-9-16(10-12-18)23(2,20)21/h5-8,16H,3-4,9-13H2,1-2H3. The zero-order valence-corrected chi connectivity index (χ0v) is 14.6. The first-order valence-corrected chi connectivity index (χ1v) is 10.1. The van der Waals surface area contributed by atoms with Gasteiger partial charge in [0.1, 0.15) is 15.6 Å². The van der Waals surface area contributed by atoms with Crippen LogP contribution in [0.25, 0.3) is 0 Å². The zero-order chi connectivity index (χ0) is 16.9. The SMILES string of the molecule is CCCCOc1ccc(C(=O)N2CCC(S(C)(=O)=O)CC2)cc1. The Kier molecular flexibility index (Phi) is 6.04. The maximum atomic E-state index is 12.5. The molecule has 1 amide bonds. The van der Waals surface area contributed by atoms with Gasteiger partial charge in [0, 0.05) is 24.9 Å². The van der Waals surface area contributed by atoms with Crippen LogP contribution in [0.1, 0.15) is 43.0 Å². The summed E-state index contributed by atoms with van der Waals surface area (Å²) >= 11 is 0. The minimum absolute atomic E-state index is 0.0444. The first-order valence-electron chi connectivity index (χ1n) is 8.13. The van der Waals surface area contributed by atoms with Crippen molar-refractivity contribution in [2.75, 3.05) is 26.0 Å². The summed E-state index contributed by atoms with van der Waals surface area (Å²) in [7, 11) is -3.01. The van der Waals surface area contributed by atoms with E-state index >= 15 is 0 Å². The van der Waals surface area contributed by atoms with E-state index in [-0.39, 0.29) is 11.2 Å². The van der Waals surface area contributed by atoms with Crippen LogP contribution in [0.5, 0.6) is 5.75 Å². The molecule has 1 aliphatic rings. The van der Waals surface area contributed by atoms with Gasteiger partial charge in [-0.2, -0.15) is 0 Å². The maximum absolute atomic E-state index is 12.5.